The Bertz CT molecular complexity index is 3370. The highest BCUT2D eigenvalue weighted by Crippen LogP contribution is 2.39. The molecule has 11 aromatic rings. The molecule has 55 heavy (non-hydrogen) atoms. The Hall–Kier alpha value is -7.86. The highest BCUT2D eigenvalue weighted by Gasteiger charge is 2.18. The van der Waals surface area contributed by atoms with Gasteiger partial charge in [0, 0.05) is 44.0 Å². The van der Waals surface area contributed by atoms with E-state index in [1.165, 1.54) is 43.7 Å². The lowest BCUT2D eigenvalue weighted by atomic mass is 10.0. The first-order valence-corrected chi connectivity index (χ1v) is 18.3. The molecule has 0 bridgehead atoms. The number of rotatable bonds is 4. The Morgan fingerprint density at radius 1 is 0.382 bits per heavy atom. The van der Waals surface area contributed by atoms with Crippen LogP contribution in [0.15, 0.2) is 176 Å². The van der Waals surface area contributed by atoms with E-state index in [1.54, 1.807) is 0 Å². The summed E-state index contributed by atoms with van der Waals surface area (Å²) in [4.78, 5) is 3.67. The first kappa shape index (κ1) is 30.7. The van der Waals surface area contributed by atoms with Gasteiger partial charge in [0.1, 0.15) is 0 Å². The molecule has 0 aliphatic heterocycles. The molecule has 0 saturated carbocycles. The van der Waals surface area contributed by atoms with Gasteiger partial charge in [-0.2, -0.15) is 5.26 Å². The Balaban J connectivity index is 1.04. The normalized spacial score (nSPS) is 11.6. The molecule has 5 nitrogen and oxygen atoms in total. The van der Waals surface area contributed by atoms with Crippen LogP contribution in [-0.2, 0) is 0 Å². The second-order valence-electron chi connectivity index (χ2n) is 14.0. The van der Waals surface area contributed by atoms with Gasteiger partial charge in [-0.15, -0.1) is 0 Å². The molecule has 5 heteroatoms. The lowest BCUT2D eigenvalue weighted by Gasteiger charge is -2.12. The SMILES string of the molecule is [C-]#[N+]c1ccc2c(c1)c1cc(C#N)ccc1n2-c1ccc(-n2c3ccccc3c3cc(-c4ccc5c(c4)c4ccccc4n5-c4ccccc4)ccc32)cc1. The van der Waals surface area contributed by atoms with E-state index < -0.39 is 0 Å². The van der Waals surface area contributed by atoms with Crippen molar-refractivity contribution in [1.82, 2.24) is 13.7 Å². The van der Waals surface area contributed by atoms with Crippen LogP contribution in [-0.4, -0.2) is 13.7 Å². The minimum absolute atomic E-state index is 0.579. The van der Waals surface area contributed by atoms with Crippen LogP contribution in [0.3, 0.4) is 0 Å². The third kappa shape index (κ3) is 4.58. The molecule has 0 saturated heterocycles. The summed E-state index contributed by atoms with van der Waals surface area (Å²) in [6.45, 7) is 7.58. The van der Waals surface area contributed by atoms with E-state index in [9.17, 15) is 5.26 Å². The molecule has 8 aromatic carbocycles. The minimum Gasteiger partial charge on any atom is -0.309 e. The van der Waals surface area contributed by atoms with E-state index in [-0.39, 0.29) is 0 Å². The van der Waals surface area contributed by atoms with E-state index in [0.29, 0.717) is 11.3 Å². The van der Waals surface area contributed by atoms with E-state index in [4.69, 9.17) is 6.57 Å². The Morgan fingerprint density at radius 3 is 1.33 bits per heavy atom. The molecule has 3 heterocycles. The fraction of sp³-hybridized carbons (Fsp3) is 0. The lowest BCUT2D eigenvalue weighted by molar-refractivity contribution is 1.14. The van der Waals surface area contributed by atoms with E-state index in [1.807, 2.05) is 36.4 Å². The number of fused-ring (bicyclic) bond motifs is 9. The van der Waals surface area contributed by atoms with Crippen LogP contribution >= 0.6 is 0 Å². The molecule has 0 aliphatic carbocycles. The summed E-state index contributed by atoms with van der Waals surface area (Å²) in [6.07, 6.45) is 0. The van der Waals surface area contributed by atoms with E-state index in [0.717, 1.165) is 49.9 Å². The number of benzene rings is 8. The quantitative estimate of drug-likeness (QED) is 0.169. The number of aromatic nitrogens is 3. The molecule has 254 valence electrons. The fourth-order valence-corrected chi connectivity index (χ4v) is 8.62. The predicted molar refractivity (Wildman–Crippen MR) is 226 cm³/mol. The topological polar surface area (TPSA) is 42.9 Å². The van der Waals surface area contributed by atoms with Crippen LogP contribution in [0.1, 0.15) is 5.56 Å². The average Bonchev–Trinajstić information content (AvgIpc) is 3.88. The third-order valence-corrected chi connectivity index (χ3v) is 11.1. The molecule has 0 unspecified atom stereocenters. The Morgan fingerprint density at radius 2 is 0.800 bits per heavy atom. The average molecular weight is 700 g/mol. The Labute approximate surface area is 316 Å². The minimum atomic E-state index is 0.579. The Kier molecular flexibility index (Phi) is 6.61. The van der Waals surface area contributed by atoms with Crippen LogP contribution in [0.5, 0.6) is 0 Å². The van der Waals surface area contributed by atoms with Crippen molar-refractivity contribution in [1.29, 1.82) is 5.26 Å². The van der Waals surface area contributed by atoms with Crippen molar-refractivity contribution >= 4 is 71.1 Å². The maximum absolute atomic E-state index is 9.64. The van der Waals surface area contributed by atoms with Gasteiger partial charge in [-0.1, -0.05) is 72.8 Å². The van der Waals surface area contributed by atoms with Gasteiger partial charge in [-0.05, 0) is 120 Å². The van der Waals surface area contributed by atoms with Gasteiger partial charge in [0.15, 0.2) is 5.69 Å². The first-order valence-electron chi connectivity index (χ1n) is 18.3. The summed E-state index contributed by atoms with van der Waals surface area (Å²) in [5, 5.41) is 16.4. The molecule has 0 spiro atoms. The second kappa shape index (κ2) is 11.8. The van der Waals surface area contributed by atoms with E-state index >= 15 is 0 Å². The van der Waals surface area contributed by atoms with Gasteiger partial charge in [0.2, 0.25) is 0 Å². The van der Waals surface area contributed by atoms with Crippen LogP contribution in [0.25, 0.3) is 98.5 Å². The number of nitriles is 1. The van der Waals surface area contributed by atoms with Gasteiger partial charge in [-0.25, -0.2) is 4.85 Å². The van der Waals surface area contributed by atoms with Crippen molar-refractivity contribution in [2.45, 2.75) is 0 Å². The molecule has 3 aromatic heterocycles. The number of para-hydroxylation sites is 3. The number of hydrogen-bond donors (Lipinski definition) is 0. The van der Waals surface area contributed by atoms with Crippen LogP contribution in [0.4, 0.5) is 5.69 Å². The van der Waals surface area contributed by atoms with Gasteiger partial charge in [0.25, 0.3) is 0 Å². The highest BCUT2D eigenvalue weighted by atomic mass is 15.0. The van der Waals surface area contributed by atoms with Gasteiger partial charge < -0.3 is 13.7 Å². The maximum atomic E-state index is 9.64. The molecule has 0 fully saturated rings. The number of nitrogens with zero attached hydrogens (tertiary/aromatic N) is 5. The fourth-order valence-electron chi connectivity index (χ4n) is 8.62. The van der Waals surface area contributed by atoms with Crippen LogP contribution in [0.2, 0.25) is 0 Å². The lowest BCUT2D eigenvalue weighted by Crippen LogP contribution is -1.97. The largest absolute Gasteiger partial charge is 0.309 e. The van der Waals surface area contributed by atoms with Crippen molar-refractivity contribution in [3.63, 3.8) is 0 Å². The molecule has 0 N–H and O–H groups in total. The van der Waals surface area contributed by atoms with Gasteiger partial charge in [-0.3, -0.25) is 0 Å². The van der Waals surface area contributed by atoms with Crippen LogP contribution < -0.4 is 0 Å². The smallest absolute Gasteiger partial charge is 0.188 e. The van der Waals surface area contributed by atoms with Crippen molar-refractivity contribution in [2.24, 2.45) is 0 Å². The molecule has 11 rings (SSSR count). The standard InChI is InChI=1S/C50H29N5/c1-52-35-18-26-50-44(30-35)41-27-32(31-51)15-23-47(41)55(50)38-21-19-37(20-22-38)54-46-14-8-6-12-40(46)43-29-34(17-25-49(43)54)33-16-24-48-42(28-33)39-11-5-7-13-45(39)53(48)36-9-3-2-4-10-36/h2-30H. The summed E-state index contributed by atoms with van der Waals surface area (Å²) in [5.41, 5.74) is 13.5. The highest BCUT2D eigenvalue weighted by molar-refractivity contribution is 6.13. The van der Waals surface area contributed by atoms with Crippen molar-refractivity contribution in [3.8, 4) is 34.3 Å². The van der Waals surface area contributed by atoms with Gasteiger partial charge in [0.05, 0.1) is 51.3 Å². The van der Waals surface area contributed by atoms with Crippen molar-refractivity contribution in [2.75, 3.05) is 0 Å². The van der Waals surface area contributed by atoms with Crippen molar-refractivity contribution in [3.05, 3.63) is 193 Å². The summed E-state index contributed by atoms with van der Waals surface area (Å²) in [5.74, 6) is 0. The monoisotopic (exact) mass is 699 g/mol. The second-order valence-corrected chi connectivity index (χ2v) is 14.0. The summed E-state index contributed by atoms with van der Waals surface area (Å²) in [6, 6.07) is 64.1. The summed E-state index contributed by atoms with van der Waals surface area (Å²) in [7, 11) is 0. The molecular weight excluding hydrogens is 671 g/mol. The van der Waals surface area contributed by atoms with Crippen molar-refractivity contribution < 1.29 is 0 Å². The zero-order valence-electron chi connectivity index (χ0n) is 29.5. The van der Waals surface area contributed by atoms with Gasteiger partial charge >= 0.3 is 0 Å². The summed E-state index contributed by atoms with van der Waals surface area (Å²) >= 11 is 0. The van der Waals surface area contributed by atoms with Crippen LogP contribution in [0, 0.1) is 17.9 Å². The summed E-state index contributed by atoms with van der Waals surface area (Å²) < 4.78 is 6.92. The third-order valence-electron chi connectivity index (χ3n) is 11.1. The molecule has 0 amide bonds. The molecule has 0 atom stereocenters. The molecule has 0 aliphatic rings. The zero-order chi connectivity index (χ0) is 36.6. The predicted octanol–water partition coefficient (Wildman–Crippen LogP) is 13.1. The number of hydrogen-bond acceptors (Lipinski definition) is 1. The zero-order valence-corrected chi connectivity index (χ0v) is 29.5. The maximum Gasteiger partial charge on any atom is 0.188 e. The molecule has 0 radical (unpaired) electrons. The van der Waals surface area contributed by atoms with E-state index in [2.05, 4.69) is 164 Å². The first-order chi connectivity index (χ1) is 27.2. The molecular formula is C50H29N5.